The summed E-state index contributed by atoms with van der Waals surface area (Å²) in [6.07, 6.45) is 1.68. The first-order valence-corrected chi connectivity index (χ1v) is 9.56. The molecule has 2 rings (SSSR count). The Morgan fingerprint density at radius 3 is 2.78 bits per heavy atom. The molecule has 18 heavy (non-hydrogen) atoms. The van der Waals surface area contributed by atoms with Crippen LogP contribution >= 0.6 is 11.8 Å². The van der Waals surface area contributed by atoms with Gasteiger partial charge >= 0.3 is 0 Å². The minimum Gasteiger partial charge on any atom is -0.329 e. The SMILES string of the molecule is CC1SCCN(C2(CN)CCCS(=O)(=O)C2)C1C. The molecule has 2 fully saturated rings. The zero-order chi connectivity index (χ0) is 13.4. The first-order chi connectivity index (χ1) is 8.40. The van der Waals surface area contributed by atoms with Crippen molar-refractivity contribution in [3.63, 3.8) is 0 Å². The molecule has 2 aliphatic heterocycles. The average molecular weight is 292 g/mol. The molecule has 2 N–H and O–H groups in total. The molecule has 2 aliphatic rings. The van der Waals surface area contributed by atoms with Crippen molar-refractivity contribution in [2.75, 3.05) is 30.3 Å². The second-order valence-electron chi connectivity index (χ2n) is 5.63. The fourth-order valence-corrected chi connectivity index (χ4v) is 6.36. The third-order valence-electron chi connectivity index (χ3n) is 4.46. The van der Waals surface area contributed by atoms with E-state index in [2.05, 4.69) is 18.7 Å². The van der Waals surface area contributed by atoms with Gasteiger partial charge in [0.25, 0.3) is 0 Å². The number of thioether (sulfide) groups is 1. The van der Waals surface area contributed by atoms with Gasteiger partial charge in [0.1, 0.15) is 0 Å². The van der Waals surface area contributed by atoms with Crippen molar-refractivity contribution in [1.29, 1.82) is 0 Å². The Morgan fingerprint density at radius 2 is 2.17 bits per heavy atom. The van der Waals surface area contributed by atoms with Gasteiger partial charge < -0.3 is 5.73 Å². The van der Waals surface area contributed by atoms with E-state index in [9.17, 15) is 8.42 Å². The van der Waals surface area contributed by atoms with Crippen molar-refractivity contribution >= 4 is 21.6 Å². The molecule has 3 unspecified atom stereocenters. The smallest absolute Gasteiger partial charge is 0.152 e. The van der Waals surface area contributed by atoms with Gasteiger partial charge in [-0.1, -0.05) is 6.92 Å². The molecule has 0 saturated carbocycles. The predicted molar refractivity (Wildman–Crippen MR) is 77.8 cm³/mol. The second kappa shape index (κ2) is 5.31. The van der Waals surface area contributed by atoms with Crippen LogP contribution in [-0.4, -0.2) is 60.5 Å². The van der Waals surface area contributed by atoms with Crippen LogP contribution in [0, 0.1) is 0 Å². The summed E-state index contributed by atoms with van der Waals surface area (Å²) in [5.74, 6) is 1.66. The summed E-state index contributed by atoms with van der Waals surface area (Å²) in [4.78, 5) is 2.38. The lowest BCUT2D eigenvalue weighted by molar-refractivity contribution is 0.0633. The second-order valence-corrected chi connectivity index (χ2v) is 9.30. The highest BCUT2D eigenvalue weighted by Gasteiger charge is 2.46. The van der Waals surface area contributed by atoms with Crippen LogP contribution in [0.3, 0.4) is 0 Å². The number of hydrogen-bond donors (Lipinski definition) is 1. The summed E-state index contributed by atoms with van der Waals surface area (Å²) in [6.45, 7) is 5.84. The van der Waals surface area contributed by atoms with Gasteiger partial charge in [-0.2, -0.15) is 11.8 Å². The largest absolute Gasteiger partial charge is 0.329 e. The zero-order valence-electron chi connectivity index (χ0n) is 11.3. The van der Waals surface area contributed by atoms with Crippen molar-refractivity contribution in [1.82, 2.24) is 4.90 Å². The maximum Gasteiger partial charge on any atom is 0.152 e. The number of hydrogen-bond acceptors (Lipinski definition) is 5. The summed E-state index contributed by atoms with van der Waals surface area (Å²) in [7, 11) is -2.92. The molecular weight excluding hydrogens is 268 g/mol. The summed E-state index contributed by atoms with van der Waals surface area (Å²) in [5.41, 5.74) is 5.67. The molecule has 106 valence electrons. The van der Waals surface area contributed by atoms with Crippen molar-refractivity contribution in [3.8, 4) is 0 Å². The number of nitrogens with zero attached hydrogens (tertiary/aromatic N) is 1. The quantitative estimate of drug-likeness (QED) is 0.812. The van der Waals surface area contributed by atoms with Crippen molar-refractivity contribution in [2.24, 2.45) is 5.73 Å². The van der Waals surface area contributed by atoms with Crippen molar-refractivity contribution in [2.45, 2.75) is 43.5 Å². The van der Waals surface area contributed by atoms with E-state index >= 15 is 0 Å². The molecule has 0 aromatic carbocycles. The van der Waals surface area contributed by atoms with Crippen LogP contribution in [-0.2, 0) is 9.84 Å². The first-order valence-electron chi connectivity index (χ1n) is 6.69. The van der Waals surface area contributed by atoms with Crippen LogP contribution in [0.15, 0.2) is 0 Å². The van der Waals surface area contributed by atoms with Gasteiger partial charge in [-0.3, -0.25) is 4.90 Å². The Balaban J connectivity index is 2.26. The average Bonchev–Trinajstić information content (AvgIpc) is 2.31. The van der Waals surface area contributed by atoms with E-state index in [0.717, 1.165) is 25.1 Å². The van der Waals surface area contributed by atoms with E-state index < -0.39 is 9.84 Å². The summed E-state index contributed by atoms with van der Waals surface area (Å²) in [5, 5.41) is 0.548. The Kier molecular flexibility index (Phi) is 4.31. The zero-order valence-corrected chi connectivity index (χ0v) is 12.9. The standard InChI is InChI=1S/C12H24N2O2S2/c1-10-11(2)17-6-5-14(10)12(8-13)4-3-7-18(15,16)9-12/h10-11H,3-9,13H2,1-2H3. The van der Waals surface area contributed by atoms with Crippen LogP contribution < -0.4 is 5.73 Å². The molecule has 0 amide bonds. The lowest BCUT2D eigenvalue weighted by atomic mass is 9.91. The Labute approximate surface area is 115 Å². The monoisotopic (exact) mass is 292 g/mol. The van der Waals surface area contributed by atoms with Crippen molar-refractivity contribution < 1.29 is 8.42 Å². The predicted octanol–water partition coefficient (Wildman–Crippen LogP) is 0.718. The number of rotatable bonds is 2. The normalized spacial score (nSPS) is 41.7. The summed E-state index contributed by atoms with van der Waals surface area (Å²) < 4.78 is 23.9. The van der Waals surface area contributed by atoms with E-state index in [1.54, 1.807) is 0 Å². The molecular formula is C12H24N2O2S2. The molecule has 0 aliphatic carbocycles. The molecule has 0 aromatic heterocycles. The van der Waals surface area contributed by atoms with Gasteiger partial charge in [-0.15, -0.1) is 0 Å². The molecule has 0 bridgehead atoms. The number of sulfone groups is 1. The van der Waals surface area contributed by atoms with Gasteiger partial charge in [0.15, 0.2) is 9.84 Å². The highest BCUT2D eigenvalue weighted by molar-refractivity contribution is 8.00. The maximum atomic E-state index is 12.0. The summed E-state index contributed by atoms with van der Waals surface area (Å²) in [6, 6.07) is 0.403. The molecule has 0 radical (unpaired) electrons. The first kappa shape index (κ1) is 14.6. The van der Waals surface area contributed by atoms with Crippen LogP contribution in [0.2, 0.25) is 0 Å². The minimum absolute atomic E-state index is 0.248. The van der Waals surface area contributed by atoms with E-state index in [-0.39, 0.29) is 11.3 Å². The molecule has 2 heterocycles. The van der Waals surface area contributed by atoms with Crippen LogP contribution in [0.25, 0.3) is 0 Å². The number of nitrogens with two attached hydrogens (primary N) is 1. The third kappa shape index (κ3) is 2.71. The Morgan fingerprint density at radius 1 is 1.44 bits per heavy atom. The molecule has 4 nitrogen and oxygen atoms in total. The minimum atomic E-state index is -2.92. The van der Waals surface area contributed by atoms with Gasteiger partial charge in [-0.25, -0.2) is 8.42 Å². The Hall–Kier alpha value is 0.220. The Bertz CT molecular complexity index is 399. The lowest BCUT2D eigenvalue weighted by Gasteiger charge is -2.51. The maximum absolute atomic E-state index is 12.0. The van der Waals surface area contributed by atoms with Crippen molar-refractivity contribution in [3.05, 3.63) is 0 Å². The topological polar surface area (TPSA) is 63.4 Å². The summed E-state index contributed by atoms with van der Waals surface area (Å²) >= 11 is 1.97. The van der Waals surface area contributed by atoms with Crippen LogP contribution in [0.4, 0.5) is 0 Å². The van der Waals surface area contributed by atoms with Gasteiger partial charge in [0, 0.05) is 35.7 Å². The fraction of sp³-hybridized carbons (Fsp3) is 1.00. The molecule has 3 atom stereocenters. The van der Waals surface area contributed by atoms with E-state index in [4.69, 9.17) is 5.73 Å². The van der Waals surface area contributed by atoms with Gasteiger partial charge in [0.05, 0.1) is 11.5 Å². The highest BCUT2D eigenvalue weighted by atomic mass is 32.2. The van der Waals surface area contributed by atoms with Crippen LogP contribution in [0.5, 0.6) is 0 Å². The van der Waals surface area contributed by atoms with E-state index in [1.807, 2.05) is 11.8 Å². The van der Waals surface area contributed by atoms with Gasteiger partial charge in [-0.05, 0) is 19.8 Å². The molecule has 2 saturated heterocycles. The third-order valence-corrected chi connectivity index (χ3v) is 7.68. The fourth-order valence-electron chi connectivity index (χ4n) is 3.28. The molecule has 0 aromatic rings. The lowest BCUT2D eigenvalue weighted by Crippen LogP contribution is -2.65. The van der Waals surface area contributed by atoms with E-state index in [0.29, 0.717) is 23.6 Å². The van der Waals surface area contributed by atoms with Crippen LogP contribution in [0.1, 0.15) is 26.7 Å². The molecule has 0 spiro atoms. The van der Waals surface area contributed by atoms with E-state index in [1.165, 1.54) is 0 Å². The van der Waals surface area contributed by atoms with Gasteiger partial charge in [0.2, 0.25) is 0 Å². The molecule has 6 heteroatoms. The highest BCUT2D eigenvalue weighted by Crippen LogP contribution is 2.35.